The van der Waals surface area contributed by atoms with Gasteiger partial charge in [-0.05, 0) is 30.3 Å². The number of nitrogens with one attached hydrogen (secondary N) is 2. The monoisotopic (exact) mass is 441 g/mol. The van der Waals surface area contributed by atoms with E-state index in [0.717, 1.165) is 0 Å². The number of hydrogen-bond acceptors (Lipinski definition) is 7. The van der Waals surface area contributed by atoms with E-state index in [1.807, 2.05) is 20.8 Å². The van der Waals surface area contributed by atoms with E-state index in [4.69, 9.17) is 18.6 Å². The van der Waals surface area contributed by atoms with Crippen molar-refractivity contribution in [1.29, 1.82) is 0 Å². The number of fused-ring (bicyclic) bond motifs is 1. The normalized spacial score (nSPS) is 11.2. The molecule has 2 N–H and O–H groups in total. The van der Waals surface area contributed by atoms with Crippen LogP contribution in [-0.2, 0) is 10.2 Å². The van der Waals surface area contributed by atoms with Crippen molar-refractivity contribution in [3.63, 3.8) is 0 Å². The molecule has 0 bridgehead atoms. The Hall–Kier alpha value is -3.75. The number of nitrogens with zero attached hydrogens (tertiary/aromatic N) is 1. The molecule has 0 saturated carbocycles. The first-order valence-electron chi connectivity index (χ1n) is 9.95. The molecule has 3 rings (SSSR count). The number of carbonyl (C=O) groups excluding carboxylic acids is 2. The molecule has 9 nitrogen and oxygen atoms in total. The van der Waals surface area contributed by atoms with Crippen LogP contribution in [0.5, 0.6) is 17.2 Å². The smallest absolute Gasteiger partial charge is 0.251 e. The van der Waals surface area contributed by atoms with Crippen molar-refractivity contribution < 1.29 is 28.2 Å². The predicted molar refractivity (Wildman–Crippen MR) is 120 cm³/mol. The van der Waals surface area contributed by atoms with Crippen LogP contribution < -0.4 is 24.8 Å². The summed E-state index contributed by atoms with van der Waals surface area (Å²) >= 11 is 0. The first kappa shape index (κ1) is 22.9. The standard InChI is InChI=1S/C23H27N3O6/c1-23(2,3)22-26-15-11-14(7-8-16(15)32-22)25-19(27)12-24-21(28)13-9-17(29-4)20(31-6)18(10-13)30-5/h7-11H,12H2,1-6H3,(H,24,28)(H,25,27). The summed E-state index contributed by atoms with van der Waals surface area (Å²) in [5.74, 6) is 0.843. The molecule has 170 valence electrons. The van der Waals surface area contributed by atoms with Gasteiger partial charge in [-0.15, -0.1) is 0 Å². The van der Waals surface area contributed by atoms with Crippen LogP contribution in [0, 0.1) is 0 Å². The average Bonchev–Trinajstić information content (AvgIpc) is 3.20. The molecule has 2 amide bonds. The van der Waals surface area contributed by atoms with Gasteiger partial charge in [0.15, 0.2) is 17.1 Å². The highest BCUT2D eigenvalue weighted by Gasteiger charge is 2.21. The van der Waals surface area contributed by atoms with Crippen LogP contribution in [-0.4, -0.2) is 44.7 Å². The van der Waals surface area contributed by atoms with Crippen molar-refractivity contribution in [2.45, 2.75) is 26.2 Å². The number of methoxy groups -OCH3 is 3. The van der Waals surface area contributed by atoms with Crippen molar-refractivity contribution in [2.24, 2.45) is 0 Å². The predicted octanol–water partition coefficient (Wildman–Crippen LogP) is 3.52. The van der Waals surface area contributed by atoms with Gasteiger partial charge in [-0.2, -0.15) is 0 Å². The molecule has 32 heavy (non-hydrogen) atoms. The van der Waals surface area contributed by atoms with Crippen LogP contribution in [0.3, 0.4) is 0 Å². The van der Waals surface area contributed by atoms with Gasteiger partial charge in [-0.25, -0.2) is 4.98 Å². The number of rotatable bonds is 7. The summed E-state index contributed by atoms with van der Waals surface area (Å²) < 4.78 is 21.5. The van der Waals surface area contributed by atoms with Gasteiger partial charge < -0.3 is 29.3 Å². The molecule has 0 aliphatic carbocycles. The van der Waals surface area contributed by atoms with Gasteiger partial charge >= 0.3 is 0 Å². The van der Waals surface area contributed by atoms with E-state index in [1.165, 1.54) is 33.5 Å². The van der Waals surface area contributed by atoms with Crippen LogP contribution in [0.4, 0.5) is 5.69 Å². The maximum atomic E-state index is 12.5. The molecule has 0 saturated heterocycles. The average molecular weight is 441 g/mol. The third-order valence-electron chi connectivity index (χ3n) is 4.65. The summed E-state index contributed by atoms with van der Waals surface area (Å²) in [5.41, 5.74) is 1.89. The highest BCUT2D eigenvalue weighted by atomic mass is 16.5. The second-order valence-corrected chi connectivity index (χ2v) is 8.10. The topological polar surface area (TPSA) is 112 Å². The minimum Gasteiger partial charge on any atom is -0.493 e. The first-order chi connectivity index (χ1) is 15.2. The maximum absolute atomic E-state index is 12.5. The van der Waals surface area contributed by atoms with E-state index in [0.29, 0.717) is 39.9 Å². The fourth-order valence-electron chi connectivity index (χ4n) is 3.01. The Morgan fingerprint density at radius 3 is 2.22 bits per heavy atom. The van der Waals surface area contributed by atoms with E-state index in [2.05, 4.69) is 15.6 Å². The number of anilines is 1. The molecule has 1 aromatic heterocycles. The molecule has 2 aromatic carbocycles. The molecular weight excluding hydrogens is 414 g/mol. The van der Waals surface area contributed by atoms with Gasteiger partial charge in [0.25, 0.3) is 5.91 Å². The minimum atomic E-state index is -0.457. The number of carbonyl (C=O) groups is 2. The highest BCUT2D eigenvalue weighted by molar-refractivity contribution is 6.00. The number of aromatic nitrogens is 1. The summed E-state index contributed by atoms with van der Waals surface area (Å²) in [7, 11) is 4.40. The fraction of sp³-hybridized carbons (Fsp3) is 0.348. The lowest BCUT2D eigenvalue weighted by Crippen LogP contribution is -2.32. The van der Waals surface area contributed by atoms with E-state index in [1.54, 1.807) is 18.2 Å². The van der Waals surface area contributed by atoms with Crippen molar-refractivity contribution in [2.75, 3.05) is 33.2 Å². The summed E-state index contributed by atoms with van der Waals surface area (Å²) in [4.78, 5) is 29.4. The molecule has 0 aliphatic heterocycles. The molecular formula is C23H27N3O6. The number of oxazole rings is 1. The van der Waals surface area contributed by atoms with E-state index >= 15 is 0 Å². The second kappa shape index (κ2) is 9.17. The zero-order valence-corrected chi connectivity index (χ0v) is 19.0. The minimum absolute atomic E-state index is 0.223. The summed E-state index contributed by atoms with van der Waals surface area (Å²) in [5, 5.41) is 5.33. The molecule has 0 atom stereocenters. The van der Waals surface area contributed by atoms with Crippen LogP contribution in [0.25, 0.3) is 11.1 Å². The molecule has 3 aromatic rings. The molecule has 0 fully saturated rings. The Labute approximate surface area is 186 Å². The largest absolute Gasteiger partial charge is 0.493 e. The number of hydrogen-bond donors (Lipinski definition) is 2. The number of ether oxygens (including phenoxy) is 3. The van der Waals surface area contributed by atoms with E-state index < -0.39 is 5.91 Å². The molecule has 1 heterocycles. The van der Waals surface area contributed by atoms with Crippen molar-refractivity contribution in [3.05, 3.63) is 41.8 Å². The van der Waals surface area contributed by atoms with Gasteiger partial charge in [0.1, 0.15) is 5.52 Å². The third-order valence-corrected chi connectivity index (χ3v) is 4.65. The summed E-state index contributed by atoms with van der Waals surface area (Å²) in [6.07, 6.45) is 0. The Morgan fingerprint density at radius 2 is 1.66 bits per heavy atom. The third kappa shape index (κ3) is 4.93. The van der Waals surface area contributed by atoms with E-state index in [9.17, 15) is 9.59 Å². The number of amides is 2. The lowest BCUT2D eigenvalue weighted by atomic mass is 9.97. The zero-order valence-electron chi connectivity index (χ0n) is 19.0. The molecule has 9 heteroatoms. The SMILES string of the molecule is COc1cc(C(=O)NCC(=O)Nc2ccc3oc(C(C)(C)C)nc3c2)cc(OC)c1OC. The molecule has 0 unspecified atom stereocenters. The maximum Gasteiger partial charge on any atom is 0.251 e. The fourth-order valence-corrected chi connectivity index (χ4v) is 3.01. The Bertz CT molecular complexity index is 1120. The van der Waals surface area contributed by atoms with Crippen LogP contribution >= 0.6 is 0 Å². The van der Waals surface area contributed by atoms with Gasteiger partial charge in [-0.3, -0.25) is 9.59 Å². The quantitative estimate of drug-likeness (QED) is 0.577. The van der Waals surface area contributed by atoms with Gasteiger partial charge in [0.2, 0.25) is 17.5 Å². The lowest BCUT2D eigenvalue weighted by molar-refractivity contribution is -0.115. The highest BCUT2D eigenvalue weighted by Crippen LogP contribution is 2.38. The molecule has 0 radical (unpaired) electrons. The molecule has 0 spiro atoms. The van der Waals surface area contributed by atoms with Crippen LogP contribution in [0.15, 0.2) is 34.7 Å². The Kier molecular flexibility index (Phi) is 6.57. The summed E-state index contributed by atoms with van der Waals surface area (Å²) in [6, 6.07) is 8.23. The molecule has 0 aliphatic rings. The van der Waals surface area contributed by atoms with Gasteiger partial charge in [0.05, 0.1) is 27.9 Å². The second-order valence-electron chi connectivity index (χ2n) is 8.10. The zero-order chi connectivity index (χ0) is 23.5. The van der Waals surface area contributed by atoms with Crippen LogP contribution in [0.2, 0.25) is 0 Å². The van der Waals surface area contributed by atoms with Gasteiger partial charge in [-0.1, -0.05) is 20.8 Å². The Balaban J connectivity index is 1.66. The van der Waals surface area contributed by atoms with Crippen LogP contribution in [0.1, 0.15) is 37.0 Å². The first-order valence-corrected chi connectivity index (χ1v) is 9.95. The van der Waals surface area contributed by atoms with Gasteiger partial charge in [0, 0.05) is 16.7 Å². The summed E-state index contributed by atoms with van der Waals surface area (Å²) in [6.45, 7) is 5.81. The van der Waals surface area contributed by atoms with E-state index in [-0.39, 0.29) is 23.4 Å². The van der Waals surface area contributed by atoms with Crippen molar-refractivity contribution in [1.82, 2.24) is 10.3 Å². The van der Waals surface area contributed by atoms with Crippen molar-refractivity contribution in [3.8, 4) is 17.2 Å². The van der Waals surface area contributed by atoms with Crippen molar-refractivity contribution >= 4 is 28.6 Å². The lowest BCUT2D eigenvalue weighted by Gasteiger charge is -2.14. The Morgan fingerprint density at radius 1 is 1.00 bits per heavy atom. The number of benzene rings is 2.